The lowest BCUT2D eigenvalue weighted by molar-refractivity contribution is 0.394. The van der Waals surface area contributed by atoms with E-state index in [1.165, 1.54) is 16.7 Å². The van der Waals surface area contributed by atoms with E-state index < -0.39 is 10.0 Å². The topological polar surface area (TPSA) is 55.2 Å². The SMILES string of the molecule is CN(C1CCSC1)S(=O)(=O)c1cnn(CCCl)c1. The first kappa shape index (κ1) is 14.2. The Balaban J connectivity index is 2.18. The van der Waals surface area contributed by atoms with Gasteiger partial charge in [0.25, 0.3) is 0 Å². The summed E-state index contributed by atoms with van der Waals surface area (Å²) < 4.78 is 27.8. The summed E-state index contributed by atoms with van der Waals surface area (Å²) in [5.74, 6) is 2.30. The van der Waals surface area contributed by atoms with Gasteiger partial charge in [0, 0.05) is 30.9 Å². The lowest BCUT2D eigenvalue weighted by Gasteiger charge is -2.22. The van der Waals surface area contributed by atoms with Gasteiger partial charge in [0.05, 0.1) is 12.7 Å². The molecule has 0 N–H and O–H groups in total. The Morgan fingerprint density at radius 3 is 3.06 bits per heavy atom. The summed E-state index contributed by atoms with van der Waals surface area (Å²) in [5, 5.41) is 4.00. The molecule has 1 aliphatic rings. The van der Waals surface area contributed by atoms with Crippen LogP contribution in [0.15, 0.2) is 17.3 Å². The average molecular weight is 310 g/mol. The highest BCUT2D eigenvalue weighted by atomic mass is 35.5. The monoisotopic (exact) mass is 309 g/mol. The van der Waals surface area contributed by atoms with Crippen LogP contribution >= 0.6 is 23.4 Å². The number of alkyl halides is 1. The highest BCUT2D eigenvalue weighted by Crippen LogP contribution is 2.25. The van der Waals surface area contributed by atoms with Gasteiger partial charge in [-0.05, 0) is 12.2 Å². The Kier molecular flexibility index (Phi) is 4.58. The fraction of sp³-hybridized carbons (Fsp3) is 0.700. The molecule has 0 bridgehead atoms. The predicted octanol–water partition coefficient (Wildman–Crippen LogP) is 1.25. The van der Waals surface area contributed by atoms with E-state index in [1.807, 2.05) is 0 Å². The largest absolute Gasteiger partial charge is 0.270 e. The number of sulfonamides is 1. The molecule has 0 aromatic carbocycles. The molecule has 0 saturated carbocycles. The van der Waals surface area contributed by atoms with Crippen molar-refractivity contribution in [1.82, 2.24) is 14.1 Å². The van der Waals surface area contributed by atoms with Gasteiger partial charge in [-0.25, -0.2) is 8.42 Å². The van der Waals surface area contributed by atoms with E-state index in [4.69, 9.17) is 11.6 Å². The molecule has 0 spiro atoms. The van der Waals surface area contributed by atoms with Crippen molar-refractivity contribution in [3.63, 3.8) is 0 Å². The zero-order chi connectivity index (χ0) is 13.2. The molecule has 1 unspecified atom stereocenters. The van der Waals surface area contributed by atoms with Gasteiger partial charge in [0.15, 0.2) is 0 Å². The van der Waals surface area contributed by atoms with Crippen molar-refractivity contribution in [3.05, 3.63) is 12.4 Å². The molecule has 1 atom stereocenters. The minimum Gasteiger partial charge on any atom is -0.270 e. The Morgan fingerprint density at radius 2 is 2.44 bits per heavy atom. The van der Waals surface area contributed by atoms with E-state index >= 15 is 0 Å². The summed E-state index contributed by atoms with van der Waals surface area (Å²) in [4.78, 5) is 0.243. The number of hydrogen-bond acceptors (Lipinski definition) is 4. The molecule has 1 aromatic rings. The van der Waals surface area contributed by atoms with Gasteiger partial charge in [-0.3, -0.25) is 4.68 Å². The maximum absolute atomic E-state index is 12.4. The van der Waals surface area contributed by atoms with Crippen LogP contribution in [0.1, 0.15) is 6.42 Å². The van der Waals surface area contributed by atoms with E-state index in [1.54, 1.807) is 23.5 Å². The van der Waals surface area contributed by atoms with Gasteiger partial charge in [-0.2, -0.15) is 21.2 Å². The van der Waals surface area contributed by atoms with Crippen LogP contribution in [0, 0.1) is 0 Å². The highest BCUT2D eigenvalue weighted by molar-refractivity contribution is 7.99. The van der Waals surface area contributed by atoms with E-state index in [-0.39, 0.29) is 10.9 Å². The first-order chi connectivity index (χ1) is 8.55. The summed E-state index contributed by atoms with van der Waals surface area (Å²) in [6, 6.07) is 0.0939. The molecular formula is C10H16ClN3O2S2. The molecule has 1 aromatic heterocycles. The molecule has 1 fully saturated rings. The van der Waals surface area contributed by atoms with Gasteiger partial charge < -0.3 is 0 Å². The van der Waals surface area contributed by atoms with Crippen LogP contribution in [0.5, 0.6) is 0 Å². The van der Waals surface area contributed by atoms with Crippen LogP contribution in [0.2, 0.25) is 0 Å². The lowest BCUT2D eigenvalue weighted by atomic mass is 10.3. The Bertz CT molecular complexity index is 497. The molecule has 5 nitrogen and oxygen atoms in total. The number of thioether (sulfide) groups is 1. The van der Waals surface area contributed by atoms with Crippen LogP contribution in [-0.2, 0) is 16.6 Å². The van der Waals surface area contributed by atoms with Crippen molar-refractivity contribution < 1.29 is 8.42 Å². The van der Waals surface area contributed by atoms with Crippen LogP contribution in [0.4, 0.5) is 0 Å². The summed E-state index contributed by atoms with van der Waals surface area (Å²) in [6.45, 7) is 0.514. The van der Waals surface area contributed by atoms with Gasteiger partial charge in [0.1, 0.15) is 4.90 Å². The second-order valence-electron chi connectivity index (χ2n) is 4.17. The van der Waals surface area contributed by atoms with Crippen LogP contribution < -0.4 is 0 Å². The summed E-state index contributed by atoms with van der Waals surface area (Å²) >= 11 is 7.39. The number of nitrogens with zero attached hydrogens (tertiary/aromatic N) is 3. The number of hydrogen-bond donors (Lipinski definition) is 0. The van der Waals surface area contributed by atoms with Gasteiger partial charge in [-0.15, -0.1) is 11.6 Å². The van der Waals surface area contributed by atoms with Crippen molar-refractivity contribution in [2.24, 2.45) is 0 Å². The number of halogens is 1. The number of aromatic nitrogens is 2. The molecule has 0 aliphatic carbocycles. The summed E-state index contributed by atoms with van der Waals surface area (Å²) in [5.41, 5.74) is 0. The fourth-order valence-electron chi connectivity index (χ4n) is 1.86. The normalized spacial score (nSPS) is 20.7. The quantitative estimate of drug-likeness (QED) is 0.768. The highest BCUT2D eigenvalue weighted by Gasteiger charge is 2.31. The molecular weight excluding hydrogens is 294 g/mol. The molecule has 8 heteroatoms. The van der Waals surface area contributed by atoms with E-state index in [0.29, 0.717) is 12.4 Å². The molecule has 2 heterocycles. The fourth-order valence-corrected chi connectivity index (χ4v) is 4.73. The van der Waals surface area contributed by atoms with Crippen LogP contribution in [-0.4, -0.2) is 53.0 Å². The van der Waals surface area contributed by atoms with Crippen molar-refractivity contribution in [3.8, 4) is 0 Å². The van der Waals surface area contributed by atoms with Gasteiger partial charge in [-0.1, -0.05) is 0 Å². The van der Waals surface area contributed by atoms with Crippen molar-refractivity contribution in [2.45, 2.75) is 23.9 Å². The predicted molar refractivity (Wildman–Crippen MR) is 73.6 cm³/mol. The first-order valence-corrected chi connectivity index (χ1v) is 8.83. The molecule has 0 radical (unpaired) electrons. The molecule has 1 saturated heterocycles. The van der Waals surface area contributed by atoms with Crippen molar-refractivity contribution in [1.29, 1.82) is 0 Å². The van der Waals surface area contributed by atoms with Crippen LogP contribution in [0.25, 0.3) is 0 Å². The molecule has 0 amide bonds. The third-order valence-corrected chi connectivity index (χ3v) is 6.20. The molecule has 1 aliphatic heterocycles. The zero-order valence-corrected chi connectivity index (χ0v) is 12.5. The standard InChI is InChI=1S/C10H16ClN3O2S2/c1-13(9-2-5-17-8-9)18(15,16)10-6-12-14(7-10)4-3-11/h6-7,9H,2-5,8H2,1H3. The third kappa shape index (κ3) is 2.84. The van der Waals surface area contributed by atoms with E-state index in [0.717, 1.165) is 17.9 Å². The van der Waals surface area contributed by atoms with Crippen molar-refractivity contribution >= 4 is 33.4 Å². The van der Waals surface area contributed by atoms with E-state index in [2.05, 4.69) is 5.10 Å². The second kappa shape index (κ2) is 5.81. The smallest absolute Gasteiger partial charge is 0.246 e. The summed E-state index contributed by atoms with van der Waals surface area (Å²) in [6.07, 6.45) is 3.84. The molecule has 18 heavy (non-hydrogen) atoms. The Morgan fingerprint density at radius 1 is 1.67 bits per heavy atom. The summed E-state index contributed by atoms with van der Waals surface area (Å²) in [7, 11) is -1.78. The minimum atomic E-state index is -3.43. The second-order valence-corrected chi connectivity index (χ2v) is 7.69. The Labute approximate surface area is 117 Å². The van der Waals surface area contributed by atoms with Crippen LogP contribution in [0.3, 0.4) is 0 Å². The van der Waals surface area contributed by atoms with Crippen molar-refractivity contribution in [2.75, 3.05) is 24.4 Å². The van der Waals surface area contributed by atoms with Gasteiger partial charge >= 0.3 is 0 Å². The third-order valence-electron chi connectivity index (χ3n) is 3.02. The number of aryl methyl sites for hydroxylation is 1. The maximum Gasteiger partial charge on any atom is 0.246 e. The Hall–Kier alpha value is -0.240. The molecule has 2 rings (SSSR count). The minimum absolute atomic E-state index is 0.0939. The first-order valence-electron chi connectivity index (χ1n) is 5.70. The number of rotatable bonds is 5. The lowest BCUT2D eigenvalue weighted by Crippen LogP contribution is -2.36. The zero-order valence-electron chi connectivity index (χ0n) is 10.1. The van der Waals surface area contributed by atoms with Gasteiger partial charge in [0.2, 0.25) is 10.0 Å². The molecule has 102 valence electrons. The maximum atomic E-state index is 12.4. The average Bonchev–Trinajstić information content (AvgIpc) is 2.99. The van der Waals surface area contributed by atoms with E-state index in [9.17, 15) is 8.42 Å².